The molecule has 8 heteroatoms. The van der Waals surface area contributed by atoms with Crippen LogP contribution in [0.15, 0.2) is 48.6 Å². The van der Waals surface area contributed by atoms with Crippen LogP contribution in [0.25, 0.3) is 0 Å². The first-order chi connectivity index (χ1) is 16.6. The smallest absolute Gasteiger partial charge is 2.00 e. The van der Waals surface area contributed by atoms with Gasteiger partial charge in [-0.2, -0.15) is 12.2 Å². The average Bonchev–Trinajstić information content (AvgIpc) is 3.66. The summed E-state index contributed by atoms with van der Waals surface area (Å²) in [7, 11) is 0. The summed E-state index contributed by atoms with van der Waals surface area (Å²) in [5.74, 6) is -0.633. The predicted molar refractivity (Wildman–Crippen MR) is 121 cm³/mol. The quantitative estimate of drug-likeness (QED) is 0.311. The van der Waals surface area contributed by atoms with Gasteiger partial charge in [0.15, 0.2) is 5.79 Å². The second-order valence-corrected chi connectivity index (χ2v) is 8.10. The first-order valence-electron chi connectivity index (χ1n) is 11.1. The Morgan fingerprint density at radius 3 is 2.03 bits per heavy atom. The summed E-state index contributed by atoms with van der Waals surface area (Å²) >= 11 is 0. The SMILES string of the molecule is C1CCCC1.C=CC1=[C-]O[C@H]([C@@H]2OC(C)(C)O[C@H]2COCc2ccccc2)C1.[C-]#[O+].[C-]#[O+].[C-]#[O+].[W+2]. The zero-order valence-corrected chi connectivity index (χ0v) is 23.3. The van der Waals surface area contributed by atoms with Crippen molar-refractivity contribution in [1.29, 1.82) is 0 Å². The van der Waals surface area contributed by atoms with Gasteiger partial charge in [-0.3, -0.25) is 0 Å². The molecule has 1 aromatic carbocycles. The van der Waals surface area contributed by atoms with Gasteiger partial charge in [0.1, 0.15) is 18.3 Å². The van der Waals surface area contributed by atoms with Crippen molar-refractivity contribution < 1.29 is 54.0 Å². The van der Waals surface area contributed by atoms with E-state index in [0.717, 1.165) is 17.6 Å². The van der Waals surface area contributed by atoms with Gasteiger partial charge in [0.05, 0.1) is 13.2 Å². The molecular weight excluding hydrogens is 620 g/mol. The number of hydrogen-bond donors (Lipinski definition) is 0. The zero-order valence-electron chi connectivity index (χ0n) is 20.3. The Morgan fingerprint density at radius 1 is 1.00 bits per heavy atom. The van der Waals surface area contributed by atoms with Crippen molar-refractivity contribution in [1.82, 2.24) is 0 Å². The summed E-state index contributed by atoms with van der Waals surface area (Å²) in [4.78, 5) is 0. The molecule has 1 saturated carbocycles. The van der Waals surface area contributed by atoms with E-state index in [1.807, 2.05) is 44.2 Å². The van der Waals surface area contributed by atoms with Crippen molar-refractivity contribution in [3.8, 4) is 0 Å². The maximum Gasteiger partial charge on any atom is 2.00 e. The van der Waals surface area contributed by atoms with Crippen molar-refractivity contribution in [2.24, 2.45) is 0 Å². The van der Waals surface area contributed by atoms with E-state index in [1.54, 1.807) is 6.08 Å². The first kappa shape index (κ1) is 35.5. The van der Waals surface area contributed by atoms with Crippen LogP contribution < -0.4 is 0 Å². The van der Waals surface area contributed by atoms with E-state index in [4.69, 9.17) is 32.9 Å². The molecule has 1 aromatic rings. The summed E-state index contributed by atoms with van der Waals surface area (Å²) in [6.45, 7) is 22.1. The molecule has 1 saturated heterocycles. The molecule has 0 N–H and O–H groups in total. The second-order valence-electron chi connectivity index (χ2n) is 8.10. The van der Waals surface area contributed by atoms with E-state index in [1.165, 1.54) is 32.1 Å². The first-order valence-corrected chi connectivity index (χ1v) is 11.1. The topological polar surface area (TPSA) is 96.6 Å². The van der Waals surface area contributed by atoms with Crippen LogP contribution in [0.5, 0.6) is 0 Å². The summed E-state index contributed by atoms with van der Waals surface area (Å²) < 4.78 is 46.0. The van der Waals surface area contributed by atoms with E-state index < -0.39 is 5.79 Å². The van der Waals surface area contributed by atoms with E-state index in [-0.39, 0.29) is 39.4 Å². The summed E-state index contributed by atoms with van der Waals surface area (Å²) in [6, 6.07) is 10.1. The molecule has 2 fully saturated rings. The molecule has 0 bridgehead atoms. The van der Waals surface area contributed by atoms with Gasteiger partial charge in [-0.25, -0.2) is 6.08 Å². The van der Waals surface area contributed by atoms with Crippen molar-refractivity contribution in [2.75, 3.05) is 6.61 Å². The third kappa shape index (κ3) is 13.8. The number of ether oxygens (including phenoxy) is 4. The van der Waals surface area contributed by atoms with Crippen LogP contribution in [0.2, 0.25) is 0 Å². The molecule has 0 amide bonds. The molecule has 0 unspecified atom stereocenters. The molecule has 3 atom stereocenters. The van der Waals surface area contributed by atoms with Crippen molar-refractivity contribution >= 4 is 0 Å². The minimum absolute atomic E-state index is 0. The molecule has 2 aliphatic heterocycles. The van der Waals surface area contributed by atoms with E-state index >= 15 is 0 Å². The molecule has 0 aromatic heterocycles. The van der Waals surface area contributed by atoms with Gasteiger partial charge in [0.25, 0.3) is 0 Å². The van der Waals surface area contributed by atoms with Crippen molar-refractivity contribution in [2.45, 2.75) is 83.1 Å². The molecule has 2 heterocycles. The molecule has 0 spiro atoms. The van der Waals surface area contributed by atoms with Crippen LogP contribution in [0.1, 0.15) is 57.9 Å². The van der Waals surface area contributed by atoms with Gasteiger partial charge in [-0.15, -0.1) is 0 Å². The maximum absolute atomic E-state index is 7.50. The van der Waals surface area contributed by atoms with E-state index in [0.29, 0.717) is 13.2 Å². The molecule has 35 heavy (non-hydrogen) atoms. The zero-order chi connectivity index (χ0) is 25.8. The Hall–Kier alpha value is -1.71. The van der Waals surface area contributed by atoms with Crippen LogP contribution in [0.4, 0.5) is 0 Å². The second kappa shape index (κ2) is 21.6. The summed E-state index contributed by atoms with van der Waals surface area (Å²) in [5.41, 5.74) is 2.11. The van der Waals surface area contributed by atoms with Gasteiger partial charge in [0.2, 0.25) is 0 Å². The fourth-order valence-corrected chi connectivity index (χ4v) is 3.82. The van der Waals surface area contributed by atoms with E-state index in [2.05, 4.69) is 32.8 Å². The third-order valence-electron chi connectivity index (χ3n) is 5.24. The van der Waals surface area contributed by atoms with Gasteiger partial charge in [0, 0.05) is 0 Å². The Labute approximate surface area is 223 Å². The fraction of sp³-hybridized carbons (Fsp3) is 0.519. The van der Waals surface area contributed by atoms with Gasteiger partial charge < -0.3 is 18.9 Å². The third-order valence-corrected chi connectivity index (χ3v) is 5.24. The standard InChI is InChI=1S/C19H23O4.C5H10.3CO.W/c1-4-14-10-16(21-12-14)18-17(22-19(2,3)23-18)13-20-11-15-8-6-5-7-9-15;1-2-4-5-3-1;3*1-2;/h4-9,16-18H,1,10-11,13H2,2-3H3;1-5H2;;;;/q-1;;;;;+2/t16-,17-,18-;;;;;/m0...../s1. The fourth-order valence-electron chi connectivity index (χ4n) is 3.82. The predicted octanol–water partition coefficient (Wildman–Crippen LogP) is 5.22. The Kier molecular flexibility index (Phi) is 21.8. The van der Waals surface area contributed by atoms with Gasteiger partial charge in [-0.1, -0.05) is 68.7 Å². The number of hydrogen-bond acceptors (Lipinski definition) is 4. The van der Waals surface area contributed by atoms with Gasteiger partial charge in [-0.05, 0) is 25.8 Å². The minimum atomic E-state index is -0.633. The monoisotopic (exact) mass is 653 g/mol. The minimum Gasteiger partial charge on any atom is 2.00 e. The van der Waals surface area contributed by atoms with Crippen LogP contribution in [-0.2, 0) is 60.6 Å². The Morgan fingerprint density at radius 2 is 1.54 bits per heavy atom. The van der Waals surface area contributed by atoms with Gasteiger partial charge >= 0.3 is 55.0 Å². The number of rotatable bonds is 6. The number of allylic oxidation sites excluding steroid dienone is 1. The van der Waals surface area contributed by atoms with Crippen LogP contribution >= 0.6 is 0 Å². The van der Waals surface area contributed by atoms with Crippen LogP contribution in [0, 0.1) is 26.2 Å². The molecular formula is C27H33O7W+. The largest absolute Gasteiger partial charge is 2.00 e. The molecule has 7 nitrogen and oxygen atoms in total. The molecule has 4 rings (SSSR count). The van der Waals surface area contributed by atoms with E-state index in [9.17, 15) is 0 Å². The van der Waals surface area contributed by atoms with Crippen LogP contribution in [-0.4, -0.2) is 30.7 Å². The summed E-state index contributed by atoms with van der Waals surface area (Å²) in [5, 5.41) is 0. The normalized spacial score (nSPS) is 22.7. The molecule has 3 aliphatic rings. The number of benzene rings is 1. The molecule has 0 radical (unpaired) electrons. The summed E-state index contributed by atoms with van der Waals surface area (Å²) in [6.07, 6.45) is 12.5. The molecule has 1 aliphatic carbocycles. The Balaban J connectivity index is 0. The maximum atomic E-state index is 7.50. The van der Waals surface area contributed by atoms with Crippen molar-refractivity contribution in [3.05, 3.63) is 80.3 Å². The Bertz CT molecular complexity index is 745. The molecule has 188 valence electrons. The van der Waals surface area contributed by atoms with Crippen molar-refractivity contribution in [3.63, 3.8) is 0 Å². The van der Waals surface area contributed by atoms with Crippen LogP contribution in [0.3, 0.4) is 0 Å². The average molecular weight is 653 g/mol.